The number of esters is 1. The molecule has 5 heteroatoms. The summed E-state index contributed by atoms with van der Waals surface area (Å²) < 4.78 is 4.87. The van der Waals surface area contributed by atoms with Gasteiger partial charge in [-0.25, -0.2) is 0 Å². The van der Waals surface area contributed by atoms with Gasteiger partial charge in [0.15, 0.2) is 0 Å². The number of carbonyl (C=O) groups excluding carboxylic acids is 1. The molecule has 124 valence electrons. The molecule has 0 spiro atoms. The van der Waals surface area contributed by atoms with Crippen molar-refractivity contribution in [3.63, 3.8) is 0 Å². The van der Waals surface area contributed by atoms with Gasteiger partial charge in [-0.05, 0) is 53.6 Å². The second-order valence-electron chi connectivity index (χ2n) is 6.50. The summed E-state index contributed by atoms with van der Waals surface area (Å²) in [5, 5.41) is 3.09. The van der Waals surface area contributed by atoms with Crippen LogP contribution >= 0.6 is 0 Å². The average Bonchev–Trinajstić information content (AvgIpc) is 2.50. The fourth-order valence-corrected chi connectivity index (χ4v) is 2.87. The summed E-state index contributed by atoms with van der Waals surface area (Å²) in [6.07, 6.45) is 2.99. The number of likely N-dealkylation sites (N-methyl/N-ethyl adjacent to an activating group) is 1. The van der Waals surface area contributed by atoms with Gasteiger partial charge in [-0.15, -0.1) is 0 Å². The number of carbonyl (C=O) groups is 1. The van der Waals surface area contributed by atoms with Crippen molar-refractivity contribution in [1.29, 1.82) is 0 Å². The molecule has 1 saturated heterocycles. The first-order chi connectivity index (χ1) is 9.92. The smallest absolute Gasteiger partial charge is 0.325 e. The van der Waals surface area contributed by atoms with Crippen LogP contribution in [0.3, 0.4) is 0 Å². The third-order valence-corrected chi connectivity index (χ3v) is 4.73. The molecule has 0 saturated carbocycles. The third kappa shape index (κ3) is 5.57. The number of ether oxygens (including phenoxy) is 1. The van der Waals surface area contributed by atoms with E-state index in [0.717, 1.165) is 25.8 Å². The lowest BCUT2D eigenvalue weighted by Gasteiger charge is -2.37. The quantitative estimate of drug-likeness (QED) is 0.541. The highest BCUT2D eigenvalue weighted by molar-refractivity contribution is 5.80. The second kappa shape index (κ2) is 8.71. The summed E-state index contributed by atoms with van der Waals surface area (Å²) in [6.45, 7) is 12.3. The molecule has 21 heavy (non-hydrogen) atoms. The standard InChI is InChI=1S/C16H33N3O2/c1-14(2)19-12-10-18(11-13-19)9-7-6-8-16(3,17-4)15(20)21-5/h14,17H,6-13H2,1-5H3. The van der Waals surface area contributed by atoms with Crippen molar-refractivity contribution in [2.75, 3.05) is 46.9 Å². The van der Waals surface area contributed by atoms with Crippen molar-refractivity contribution in [3.8, 4) is 0 Å². The summed E-state index contributed by atoms with van der Waals surface area (Å²) in [4.78, 5) is 16.8. The Morgan fingerprint density at radius 2 is 1.86 bits per heavy atom. The SMILES string of the molecule is CNC(C)(CCCCN1CCN(C(C)C)CC1)C(=O)OC. The van der Waals surface area contributed by atoms with E-state index < -0.39 is 5.54 Å². The van der Waals surface area contributed by atoms with Crippen molar-refractivity contribution in [3.05, 3.63) is 0 Å². The van der Waals surface area contributed by atoms with Crippen molar-refractivity contribution >= 4 is 5.97 Å². The molecule has 1 fully saturated rings. The van der Waals surface area contributed by atoms with Crippen LogP contribution in [0.4, 0.5) is 0 Å². The molecular weight excluding hydrogens is 266 g/mol. The molecule has 1 aliphatic heterocycles. The molecule has 1 heterocycles. The molecule has 0 aromatic heterocycles. The first kappa shape index (κ1) is 18.4. The van der Waals surface area contributed by atoms with E-state index in [4.69, 9.17) is 4.74 Å². The van der Waals surface area contributed by atoms with Crippen molar-refractivity contribution in [1.82, 2.24) is 15.1 Å². The molecule has 1 aliphatic rings. The summed E-state index contributed by atoms with van der Waals surface area (Å²) in [5.41, 5.74) is -0.551. The fraction of sp³-hybridized carbons (Fsp3) is 0.938. The zero-order valence-corrected chi connectivity index (χ0v) is 14.4. The van der Waals surface area contributed by atoms with E-state index in [1.165, 1.54) is 33.3 Å². The summed E-state index contributed by atoms with van der Waals surface area (Å²) in [7, 11) is 3.27. The Kier molecular flexibility index (Phi) is 7.63. The maximum Gasteiger partial charge on any atom is 0.325 e. The molecule has 1 atom stereocenters. The molecule has 0 aromatic rings. The Hall–Kier alpha value is -0.650. The number of hydrogen-bond donors (Lipinski definition) is 1. The number of hydrogen-bond acceptors (Lipinski definition) is 5. The maximum atomic E-state index is 11.8. The Balaban J connectivity index is 2.21. The van der Waals surface area contributed by atoms with Gasteiger partial charge in [-0.1, -0.05) is 0 Å². The van der Waals surface area contributed by atoms with E-state index in [9.17, 15) is 4.79 Å². The van der Waals surface area contributed by atoms with Crippen LogP contribution in [0.2, 0.25) is 0 Å². The minimum Gasteiger partial charge on any atom is -0.468 e. The summed E-state index contributed by atoms with van der Waals surface area (Å²) in [5.74, 6) is -0.171. The summed E-state index contributed by atoms with van der Waals surface area (Å²) in [6, 6.07) is 0.656. The van der Waals surface area contributed by atoms with Gasteiger partial charge in [0.05, 0.1) is 7.11 Å². The van der Waals surface area contributed by atoms with Crippen LogP contribution in [0.5, 0.6) is 0 Å². The maximum absolute atomic E-state index is 11.8. The first-order valence-electron chi connectivity index (χ1n) is 8.16. The third-order valence-electron chi connectivity index (χ3n) is 4.73. The lowest BCUT2D eigenvalue weighted by Crippen LogP contribution is -2.49. The Morgan fingerprint density at radius 3 is 2.33 bits per heavy atom. The first-order valence-corrected chi connectivity index (χ1v) is 8.16. The molecule has 0 radical (unpaired) electrons. The van der Waals surface area contributed by atoms with Gasteiger partial charge in [-0.2, -0.15) is 0 Å². The fourth-order valence-electron chi connectivity index (χ4n) is 2.87. The van der Waals surface area contributed by atoms with Crippen LogP contribution in [-0.2, 0) is 9.53 Å². The Labute approximate surface area is 130 Å². The van der Waals surface area contributed by atoms with Crippen molar-refractivity contribution in [2.24, 2.45) is 0 Å². The van der Waals surface area contributed by atoms with Gasteiger partial charge in [0.25, 0.3) is 0 Å². The Bertz CT molecular complexity index is 315. The largest absolute Gasteiger partial charge is 0.468 e. The van der Waals surface area contributed by atoms with E-state index in [2.05, 4.69) is 29.0 Å². The predicted octanol–water partition coefficient (Wildman–Crippen LogP) is 1.33. The van der Waals surface area contributed by atoms with Crippen LogP contribution in [0.25, 0.3) is 0 Å². The van der Waals surface area contributed by atoms with Crippen LogP contribution in [0.15, 0.2) is 0 Å². The molecule has 1 N–H and O–H groups in total. The molecule has 0 aliphatic carbocycles. The number of methoxy groups -OCH3 is 1. The molecule has 0 bridgehead atoms. The Morgan fingerprint density at radius 1 is 1.24 bits per heavy atom. The van der Waals surface area contributed by atoms with Crippen molar-refractivity contribution < 1.29 is 9.53 Å². The van der Waals surface area contributed by atoms with Gasteiger partial charge in [0, 0.05) is 32.2 Å². The number of unbranched alkanes of at least 4 members (excludes halogenated alkanes) is 1. The normalized spacial score (nSPS) is 20.5. The number of rotatable bonds is 8. The predicted molar refractivity (Wildman–Crippen MR) is 86.5 cm³/mol. The highest BCUT2D eigenvalue weighted by atomic mass is 16.5. The second-order valence-corrected chi connectivity index (χ2v) is 6.50. The van der Waals surface area contributed by atoms with Gasteiger partial charge in [-0.3, -0.25) is 9.69 Å². The van der Waals surface area contributed by atoms with E-state index >= 15 is 0 Å². The topological polar surface area (TPSA) is 44.8 Å². The zero-order chi connectivity index (χ0) is 15.9. The summed E-state index contributed by atoms with van der Waals surface area (Å²) >= 11 is 0. The highest BCUT2D eigenvalue weighted by Crippen LogP contribution is 2.16. The van der Waals surface area contributed by atoms with Gasteiger partial charge in [0.2, 0.25) is 0 Å². The van der Waals surface area contributed by atoms with E-state index in [-0.39, 0.29) is 5.97 Å². The van der Waals surface area contributed by atoms with Gasteiger partial charge >= 0.3 is 5.97 Å². The lowest BCUT2D eigenvalue weighted by atomic mass is 9.95. The number of piperazine rings is 1. The van der Waals surface area contributed by atoms with Gasteiger partial charge < -0.3 is 15.0 Å². The molecule has 1 rings (SSSR count). The number of nitrogens with one attached hydrogen (secondary N) is 1. The van der Waals surface area contributed by atoms with Crippen LogP contribution in [-0.4, -0.2) is 74.2 Å². The molecule has 1 unspecified atom stereocenters. The average molecular weight is 299 g/mol. The van der Waals surface area contributed by atoms with Crippen molar-refractivity contribution in [2.45, 2.75) is 51.6 Å². The molecule has 0 amide bonds. The highest BCUT2D eigenvalue weighted by Gasteiger charge is 2.31. The molecule has 5 nitrogen and oxygen atoms in total. The molecule has 0 aromatic carbocycles. The monoisotopic (exact) mass is 299 g/mol. The van der Waals surface area contributed by atoms with E-state index in [1.54, 1.807) is 0 Å². The van der Waals surface area contributed by atoms with Crippen LogP contribution in [0.1, 0.15) is 40.0 Å². The minimum absolute atomic E-state index is 0.171. The van der Waals surface area contributed by atoms with Gasteiger partial charge in [0.1, 0.15) is 5.54 Å². The van der Waals surface area contributed by atoms with E-state index in [0.29, 0.717) is 6.04 Å². The minimum atomic E-state index is -0.551. The van der Waals surface area contributed by atoms with Crippen LogP contribution < -0.4 is 5.32 Å². The molecular formula is C16H33N3O2. The number of nitrogens with zero attached hydrogens (tertiary/aromatic N) is 2. The van der Waals surface area contributed by atoms with E-state index in [1.807, 2.05) is 14.0 Å². The zero-order valence-electron chi connectivity index (χ0n) is 14.4. The lowest BCUT2D eigenvalue weighted by molar-refractivity contribution is -0.148. The van der Waals surface area contributed by atoms with Crippen LogP contribution in [0, 0.1) is 0 Å².